The third kappa shape index (κ3) is 6.41. The third-order valence-corrected chi connectivity index (χ3v) is 7.03. The Bertz CT molecular complexity index is 889. The first kappa shape index (κ1) is 21.5. The van der Waals surface area contributed by atoms with Gasteiger partial charge in [0.05, 0.1) is 4.90 Å². The van der Waals surface area contributed by atoms with Gasteiger partial charge in [-0.05, 0) is 49.4 Å². The van der Waals surface area contributed by atoms with Crippen molar-refractivity contribution in [3.8, 4) is 0 Å². The highest BCUT2D eigenvalue weighted by atomic mass is 32.2. The lowest BCUT2D eigenvalue weighted by Gasteiger charge is -2.22. The summed E-state index contributed by atoms with van der Waals surface area (Å²) in [5.41, 5.74) is 1.87. The van der Waals surface area contributed by atoms with E-state index in [9.17, 15) is 13.2 Å². The predicted octanol–water partition coefficient (Wildman–Crippen LogP) is 4.11. The van der Waals surface area contributed by atoms with Crippen molar-refractivity contribution >= 4 is 15.9 Å². The SMILES string of the molecule is C[C@@H](NS(=O)(=O)c1ccc(CCC(=O)NC2CCCCC2)cc1)c1ccccc1. The smallest absolute Gasteiger partial charge is 0.241 e. The molecule has 0 spiro atoms. The summed E-state index contributed by atoms with van der Waals surface area (Å²) < 4.78 is 28.0. The number of benzene rings is 2. The first-order valence-corrected chi connectivity index (χ1v) is 11.9. The van der Waals surface area contributed by atoms with E-state index in [-0.39, 0.29) is 16.8 Å². The zero-order valence-electron chi connectivity index (χ0n) is 16.9. The normalized spacial score (nSPS) is 16.3. The van der Waals surface area contributed by atoms with E-state index in [0.29, 0.717) is 18.9 Å². The Labute approximate surface area is 174 Å². The second-order valence-electron chi connectivity index (χ2n) is 7.80. The van der Waals surface area contributed by atoms with E-state index in [1.165, 1.54) is 19.3 Å². The van der Waals surface area contributed by atoms with Crippen molar-refractivity contribution in [2.45, 2.75) is 68.8 Å². The van der Waals surface area contributed by atoms with Gasteiger partial charge in [-0.1, -0.05) is 61.7 Å². The maximum atomic E-state index is 12.6. The van der Waals surface area contributed by atoms with Crippen molar-refractivity contribution in [2.75, 3.05) is 0 Å². The van der Waals surface area contributed by atoms with Crippen LogP contribution in [-0.2, 0) is 21.2 Å². The molecule has 1 aliphatic carbocycles. The topological polar surface area (TPSA) is 75.3 Å². The van der Waals surface area contributed by atoms with Gasteiger partial charge in [-0.2, -0.15) is 0 Å². The Morgan fingerprint density at radius 2 is 1.66 bits per heavy atom. The van der Waals surface area contributed by atoms with Crippen LogP contribution in [0.1, 0.15) is 62.6 Å². The molecule has 2 aromatic rings. The fraction of sp³-hybridized carbons (Fsp3) is 0.435. The lowest BCUT2D eigenvalue weighted by Crippen LogP contribution is -2.36. The molecule has 3 rings (SSSR count). The minimum Gasteiger partial charge on any atom is -0.353 e. The summed E-state index contributed by atoms with van der Waals surface area (Å²) >= 11 is 0. The lowest BCUT2D eigenvalue weighted by molar-refractivity contribution is -0.121. The average Bonchev–Trinajstić information content (AvgIpc) is 2.73. The van der Waals surface area contributed by atoms with Crippen LogP contribution in [0.5, 0.6) is 0 Å². The van der Waals surface area contributed by atoms with Crippen LogP contribution in [0.4, 0.5) is 0 Å². The molecule has 1 atom stereocenters. The van der Waals surface area contributed by atoms with Crippen LogP contribution in [0.25, 0.3) is 0 Å². The minimum atomic E-state index is -3.60. The first-order chi connectivity index (χ1) is 13.9. The van der Waals surface area contributed by atoms with Crippen LogP contribution in [-0.4, -0.2) is 20.4 Å². The maximum Gasteiger partial charge on any atom is 0.241 e. The number of hydrogen-bond acceptors (Lipinski definition) is 3. The molecule has 0 aromatic heterocycles. The molecule has 1 saturated carbocycles. The van der Waals surface area contributed by atoms with Crippen molar-refractivity contribution in [3.63, 3.8) is 0 Å². The summed E-state index contributed by atoms with van der Waals surface area (Å²) in [5, 5.41) is 3.12. The van der Waals surface area contributed by atoms with Crippen molar-refractivity contribution in [1.82, 2.24) is 10.0 Å². The number of amides is 1. The van der Waals surface area contributed by atoms with E-state index >= 15 is 0 Å². The predicted molar refractivity (Wildman–Crippen MR) is 115 cm³/mol. The zero-order chi connectivity index (χ0) is 20.7. The van der Waals surface area contributed by atoms with Gasteiger partial charge in [0.25, 0.3) is 0 Å². The summed E-state index contributed by atoms with van der Waals surface area (Å²) in [7, 11) is -3.60. The van der Waals surface area contributed by atoms with Gasteiger partial charge < -0.3 is 5.32 Å². The number of carbonyl (C=O) groups excluding carboxylic acids is 1. The molecule has 0 aliphatic heterocycles. The fourth-order valence-electron chi connectivity index (χ4n) is 3.75. The highest BCUT2D eigenvalue weighted by Crippen LogP contribution is 2.19. The monoisotopic (exact) mass is 414 g/mol. The molecule has 1 fully saturated rings. The summed E-state index contributed by atoms with van der Waals surface area (Å²) in [6.07, 6.45) is 6.83. The van der Waals surface area contributed by atoms with Crippen LogP contribution in [0.15, 0.2) is 59.5 Å². The Hall–Kier alpha value is -2.18. The van der Waals surface area contributed by atoms with Crippen molar-refractivity contribution in [1.29, 1.82) is 0 Å². The first-order valence-electron chi connectivity index (χ1n) is 10.4. The largest absolute Gasteiger partial charge is 0.353 e. The quantitative estimate of drug-likeness (QED) is 0.683. The second-order valence-corrected chi connectivity index (χ2v) is 9.51. The van der Waals surface area contributed by atoms with Crippen LogP contribution < -0.4 is 10.0 Å². The van der Waals surface area contributed by atoms with E-state index in [2.05, 4.69) is 10.0 Å². The van der Waals surface area contributed by atoms with Crippen LogP contribution in [0.2, 0.25) is 0 Å². The van der Waals surface area contributed by atoms with Gasteiger partial charge in [0.15, 0.2) is 0 Å². The van der Waals surface area contributed by atoms with Gasteiger partial charge in [-0.3, -0.25) is 4.79 Å². The molecule has 0 saturated heterocycles. The van der Waals surface area contributed by atoms with Crippen LogP contribution in [0.3, 0.4) is 0 Å². The van der Waals surface area contributed by atoms with E-state index in [1.54, 1.807) is 24.3 Å². The third-order valence-electron chi connectivity index (χ3n) is 5.48. The molecule has 29 heavy (non-hydrogen) atoms. The summed E-state index contributed by atoms with van der Waals surface area (Å²) in [6.45, 7) is 1.83. The summed E-state index contributed by atoms with van der Waals surface area (Å²) in [6, 6.07) is 16.3. The molecule has 156 valence electrons. The van der Waals surface area contributed by atoms with Crippen molar-refractivity contribution in [3.05, 3.63) is 65.7 Å². The van der Waals surface area contributed by atoms with Gasteiger partial charge in [-0.25, -0.2) is 13.1 Å². The Morgan fingerprint density at radius 1 is 1.00 bits per heavy atom. The molecular weight excluding hydrogens is 384 g/mol. The van der Waals surface area contributed by atoms with E-state index in [0.717, 1.165) is 24.0 Å². The molecule has 1 amide bonds. The summed E-state index contributed by atoms with van der Waals surface area (Å²) in [4.78, 5) is 12.4. The molecule has 5 nitrogen and oxygen atoms in total. The van der Waals surface area contributed by atoms with Crippen molar-refractivity contribution < 1.29 is 13.2 Å². The Morgan fingerprint density at radius 3 is 2.31 bits per heavy atom. The van der Waals surface area contributed by atoms with Gasteiger partial charge in [-0.15, -0.1) is 0 Å². The molecule has 2 N–H and O–H groups in total. The second kappa shape index (κ2) is 10.0. The minimum absolute atomic E-state index is 0.0759. The van der Waals surface area contributed by atoms with Gasteiger partial charge in [0.2, 0.25) is 15.9 Å². The van der Waals surface area contributed by atoms with Gasteiger partial charge >= 0.3 is 0 Å². The number of carbonyl (C=O) groups is 1. The highest BCUT2D eigenvalue weighted by molar-refractivity contribution is 7.89. The van der Waals surface area contributed by atoms with E-state index in [1.807, 2.05) is 37.3 Å². The Kier molecular flexibility index (Phi) is 7.45. The number of rotatable bonds is 8. The molecule has 0 bridgehead atoms. The molecule has 0 heterocycles. The molecule has 0 unspecified atom stereocenters. The number of aryl methyl sites for hydroxylation is 1. The van der Waals surface area contributed by atoms with E-state index < -0.39 is 10.0 Å². The molecule has 1 aliphatic rings. The van der Waals surface area contributed by atoms with Crippen LogP contribution in [0, 0.1) is 0 Å². The Balaban J connectivity index is 1.52. The van der Waals surface area contributed by atoms with Gasteiger partial charge in [0.1, 0.15) is 0 Å². The number of hydrogen-bond donors (Lipinski definition) is 2. The average molecular weight is 415 g/mol. The molecule has 6 heteroatoms. The lowest BCUT2D eigenvalue weighted by atomic mass is 9.95. The number of sulfonamides is 1. The molecular formula is C23H30N2O3S. The van der Waals surface area contributed by atoms with Gasteiger partial charge in [0, 0.05) is 18.5 Å². The maximum absolute atomic E-state index is 12.6. The molecule has 2 aromatic carbocycles. The summed E-state index contributed by atoms with van der Waals surface area (Å²) in [5.74, 6) is 0.0759. The highest BCUT2D eigenvalue weighted by Gasteiger charge is 2.19. The zero-order valence-corrected chi connectivity index (χ0v) is 17.8. The van der Waals surface area contributed by atoms with E-state index in [4.69, 9.17) is 0 Å². The fourth-order valence-corrected chi connectivity index (χ4v) is 4.98. The van der Waals surface area contributed by atoms with Crippen molar-refractivity contribution in [2.24, 2.45) is 0 Å². The van der Waals surface area contributed by atoms with Crippen LogP contribution >= 0.6 is 0 Å². The molecule has 0 radical (unpaired) electrons. The number of nitrogens with one attached hydrogen (secondary N) is 2. The standard InChI is InChI=1S/C23H30N2O3S/c1-18(20-8-4-2-5-9-20)25-29(27,28)22-15-12-19(13-16-22)14-17-23(26)24-21-10-6-3-7-11-21/h2,4-5,8-9,12-13,15-16,18,21,25H,3,6-7,10-11,14,17H2,1H3,(H,24,26)/t18-/m1/s1.